The molecule has 26 heavy (non-hydrogen) atoms. The molecule has 1 heterocycles. The van der Waals surface area contributed by atoms with Crippen LogP contribution in [0.1, 0.15) is 16.7 Å². The number of carbonyl (C=O) groups is 3. The lowest BCUT2D eigenvalue weighted by molar-refractivity contribution is -0.127. The van der Waals surface area contributed by atoms with Gasteiger partial charge in [-0.3, -0.25) is 9.59 Å². The number of hydrogen-bond acceptors (Lipinski definition) is 3. The third-order valence-corrected chi connectivity index (χ3v) is 3.95. The van der Waals surface area contributed by atoms with Crippen LogP contribution >= 0.6 is 0 Å². The summed E-state index contributed by atoms with van der Waals surface area (Å²) in [6.45, 7) is 3.55. The van der Waals surface area contributed by atoms with Crippen LogP contribution in [-0.2, 0) is 9.59 Å². The number of hydrogen-bond donors (Lipinski definition) is 2. The number of benzene rings is 2. The van der Waals surface area contributed by atoms with E-state index >= 15 is 0 Å². The van der Waals surface area contributed by atoms with Crippen LogP contribution in [0.5, 0.6) is 0 Å². The van der Waals surface area contributed by atoms with Gasteiger partial charge in [0.2, 0.25) is 5.91 Å². The Hall–Kier alpha value is -3.41. The Balaban J connectivity index is 1.69. The molecule has 1 fully saturated rings. The molecule has 6 nitrogen and oxygen atoms in total. The summed E-state index contributed by atoms with van der Waals surface area (Å²) < 4.78 is 0. The molecule has 0 radical (unpaired) electrons. The maximum absolute atomic E-state index is 12.4. The van der Waals surface area contributed by atoms with Crippen LogP contribution in [0.15, 0.2) is 54.2 Å². The van der Waals surface area contributed by atoms with Crippen molar-refractivity contribution in [3.63, 3.8) is 0 Å². The second-order valence-electron chi connectivity index (χ2n) is 6.21. The van der Waals surface area contributed by atoms with Crippen LogP contribution < -0.4 is 10.6 Å². The van der Waals surface area contributed by atoms with Gasteiger partial charge in [-0.15, -0.1) is 0 Å². The summed E-state index contributed by atoms with van der Waals surface area (Å²) in [6, 6.07) is 14.2. The lowest BCUT2D eigenvalue weighted by Gasteiger charge is -2.12. The fourth-order valence-electron chi connectivity index (χ4n) is 2.62. The molecule has 0 unspecified atom stereocenters. The minimum absolute atomic E-state index is 0.156. The number of urea groups is 1. The van der Waals surface area contributed by atoms with Crippen molar-refractivity contribution in [3.05, 3.63) is 70.9 Å². The van der Waals surface area contributed by atoms with E-state index in [1.54, 1.807) is 18.2 Å². The normalized spacial score (nSPS) is 15.3. The smallest absolute Gasteiger partial charge is 0.325 e. The Morgan fingerprint density at radius 1 is 1.08 bits per heavy atom. The van der Waals surface area contributed by atoms with Gasteiger partial charge in [0.15, 0.2) is 0 Å². The molecule has 1 saturated heterocycles. The van der Waals surface area contributed by atoms with Crippen LogP contribution in [0, 0.1) is 13.8 Å². The molecular formula is C20H19N3O3. The Morgan fingerprint density at radius 2 is 1.81 bits per heavy atom. The third-order valence-electron chi connectivity index (χ3n) is 3.95. The third kappa shape index (κ3) is 3.97. The molecular weight excluding hydrogens is 330 g/mol. The van der Waals surface area contributed by atoms with Crippen molar-refractivity contribution in [2.45, 2.75) is 13.8 Å². The maximum Gasteiger partial charge on any atom is 0.329 e. The molecule has 0 bridgehead atoms. The predicted octanol–water partition coefficient (Wildman–Crippen LogP) is 2.83. The molecule has 2 N–H and O–H groups in total. The van der Waals surface area contributed by atoms with Crippen LogP contribution in [-0.4, -0.2) is 29.3 Å². The second kappa shape index (κ2) is 7.23. The van der Waals surface area contributed by atoms with Gasteiger partial charge < -0.3 is 10.6 Å². The molecule has 132 valence electrons. The summed E-state index contributed by atoms with van der Waals surface area (Å²) in [5.41, 5.74) is 3.69. The maximum atomic E-state index is 12.4. The average Bonchev–Trinajstić information content (AvgIpc) is 2.84. The molecule has 6 heteroatoms. The number of anilines is 1. The second-order valence-corrected chi connectivity index (χ2v) is 6.21. The van der Waals surface area contributed by atoms with Gasteiger partial charge in [0.05, 0.1) is 0 Å². The molecule has 2 aromatic rings. The molecule has 4 amide bonds. The van der Waals surface area contributed by atoms with E-state index in [1.165, 1.54) is 0 Å². The Labute approximate surface area is 151 Å². The molecule has 0 aromatic heterocycles. The van der Waals surface area contributed by atoms with E-state index in [-0.39, 0.29) is 12.2 Å². The van der Waals surface area contributed by atoms with Crippen LogP contribution in [0.4, 0.5) is 10.5 Å². The van der Waals surface area contributed by atoms with E-state index in [1.807, 2.05) is 50.2 Å². The van der Waals surface area contributed by atoms with Crippen molar-refractivity contribution >= 4 is 29.6 Å². The number of rotatable bonds is 4. The SMILES string of the molecule is Cc1ccc(NC(=O)CN2C(=O)N/C(=C/c3cccc(C)c3)C2=O)cc1. The van der Waals surface area contributed by atoms with E-state index in [4.69, 9.17) is 0 Å². The standard InChI is InChI=1S/C20H19N3O3/c1-13-6-8-16(9-7-13)21-18(24)12-23-19(25)17(22-20(23)26)11-15-5-3-4-14(2)10-15/h3-11H,12H2,1-2H3,(H,21,24)(H,22,26)/b17-11+. The highest BCUT2D eigenvalue weighted by Gasteiger charge is 2.34. The summed E-state index contributed by atoms with van der Waals surface area (Å²) >= 11 is 0. The summed E-state index contributed by atoms with van der Waals surface area (Å²) in [6.07, 6.45) is 1.60. The lowest BCUT2D eigenvalue weighted by atomic mass is 10.1. The Kier molecular flexibility index (Phi) is 4.84. The molecule has 3 rings (SSSR count). The Bertz CT molecular complexity index is 901. The van der Waals surface area contributed by atoms with E-state index in [0.29, 0.717) is 5.69 Å². The van der Waals surface area contributed by atoms with Gasteiger partial charge in [-0.1, -0.05) is 47.5 Å². The van der Waals surface area contributed by atoms with Gasteiger partial charge in [-0.25, -0.2) is 9.69 Å². The highest BCUT2D eigenvalue weighted by Crippen LogP contribution is 2.15. The largest absolute Gasteiger partial charge is 0.329 e. The molecule has 1 aliphatic heterocycles. The van der Waals surface area contributed by atoms with Gasteiger partial charge in [0, 0.05) is 5.69 Å². The van der Waals surface area contributed by atoms with E-state index < -0.39 is 17.8 Å². The number of nitrogens with zero attached hydrogens (tertiary/aromatic N) is 1. The van der Waals surface area contributed by atoms with Gasteiger partial charge >= 0.3 is 6.03 Å². The molecule has 2 aromatic carbocycles. The van der Waals surface area contributed by atoms with Gasteiger partial charge in [0.25, 0.3) is 5.91 Å². The molecule has 0 atom stereocenters. The minimum atomic E-state index is -0.604. The predicted molar refractivity (Wildman–Crippen MR) is 99.2 cm³/mol. The quantitative estimate of drug-likeness (QED) is 0.658. The van der Waals surface area contributed by atoms with Gasteiger partial charge in [-0.2, -0.15) is 0 Å². The van der Waals surface area contributed by atoms with E-state index in [9.17, 15) is 14.4 Å². The van der Waals surface area contributed by atoms with Crippen molar-refractivity contribution in [2.75, 3.05) is 11.9 Å². The van der Waals surface area contributed by atoms with Crippen molar-refractivity contribution in [3.8, 4) is 0 Å². The topological polar surface area (TPSA) is 78.5 Å². The van der Waals surface area contributed by atoms with Crippen LogP contribution in [0.3, 0.4) is 0 Å². The van der Waals surface area contributed by atoms with Gasteiger partial charge in [0.1, 0.15) is 12.2 Å². The zero-order valence-electron chi connectivity index (χ0n) is 14.6. The highest BCUT2D eigenvalue weighted by molar-refractivity contribution is 6.15. The minimum Gasteiger partial charge on any atom is -0.325 e. The van der Waals surface area contributed by atoms with Crippen molar-refractivity contribution in [1.82, 2.24) is 10.2 Å². The number of imide groups is 1. The summed E-state index contributed by atoms with van der Waals surface area (Å²) in [5.74, 6) is -0.954. The fraction of sp³-hybridized carbons (Fsp3) is 0.150. The van der Waals surface area contributed by atoms with Crippen LogP contribution in [0.25, 0.3) is 6.08 Å². The van der Waals surface area contributed by atoms with Gasteiger partial charge in [-0.05, 0) is 37.6 Å². The zero-order valence-corrected chi connectivity index (χ0v) is 14.6. The lowest BCUT2D eigenvalue weighted by Crippen LogP contribution is -2.38. The number of amides is 4. The first-order valence-electron chi connectivity index (χ1n) is 8.20. The number of carbonyl (C=O) groups excluding carboxylic acids is 3. The number of nitrogens with one attached hydrogen (secondary N) is 2. The molecule has 0 spiro atoms. The highest BCUT2D eigenvalue weighted by atomic mass is 16.2. The monoisotopic (exact) mass is 349 g/mol. The first kappa shape index (κ1) is 17.4. The average molecular weight is 349 g/mol. The van der Waals surface area contributed by atoms with E-state index in [2.05, 4.69) is 10.6 Å². The summed E-state index contributed by atoms with van der Waals surface area (Å²) in [5, 5.41) is 5.19. The molecule has 1 aliphatic rings. The van der Waals surface area contributed by atoms with Crippen molar-refractivity contribution < 1.29 is 14.4 Å². The van der Waals surface area contributed by atoms with Crippen molar-refractivity contribution in [2.24, 2.45) is 0 Å². The fourth-order valence-corrected chi connectivity index (χ4v) is 2.62. The summed E-state index contributed by atoms with van der Waals surface area (Å²) in [4.78, 5) is 37.5. The Morgan fingerprint density at radius 3 is 2.50 bits per heavy atom. The van der Waals surface area contributed by atoms with Crippen molar-refractivity contribution in [1.29, 1.82) is 0 Å². The number of aryl methyl sites for hydroxylation is 2. The first-order chi connectivity index (χ1) is 12.4. The summed E-state index contributed by atoms with van der Waals surface area (Å²) in [7, 11) is 0. The van der Waals surface area contributed by atoms with E-state index in [0.717, 1.165) is 21.6 Å². The molecule has 0 aliphatic carbocycles. The zero-order chi connectivity index (χ0) is 18.7. The first-order valence-corrected chi connectivity index (χ1v) is 8.20. The molecule has 0 saturated carbocycles. The van der Waals surface area contributed by atoms with Crippen LogP contribution in [0.2, 0.25) is 0 Å².